The second kappa shape index (κ2) is 5.34. The van der Waals surface area contributed by atoms with E-state index in [-0.39, 0.29) is 10.4 Å². The van der Waals surface area contributed by atoms with E-state index in [1.807, 2.05) is 4.72 Å². The van der Waals surface area contributed by atoms with Crippen LogP contribution in [0.1, 0.15) is 0 Å². The summed E-state index contributed by atoms with van der Waals surface area (Å²) in [4.78, 5) is 3.88. The molecule has 1 heterocycles. The number of hydrogen-bond donors (Lipinski definition) is 1. The van der Waals surface area contributed by atoms with E-state index in [0.717, 1.165) is 18.2 Å². The van der Waals surface area contributed by atoms with Gasteiger partial charge >= 0.3 is 0 Å². The molecule has 22 heavy (non-hydrogen) atoms. The smallest absolute Gasteiger partial charge is 0.264 e. The summed E-state index contributed by atoms with van der Waals surface area (Å²) in [6.45, 7) is 0. The number of rotatable bonds is 3. The summed E-state index contributed by atoms with van der Waals surface area (Å²) in [6, 6.07) is 11.0. The van der Waals surface area contributed by atoms with Crippen molar-refractivity contribution in [3.63, 3.8) is 0 Å². The van der Waals surface area contributed by atoms with Gasteiger partial charge in [0, 0.05) is 11.6 Å². The highest BCUT2D eigenvalue weighted by Crippen LogP contribution is 2.25. The molecule has 0 bridgehead atoms. The van der Waals surface area contributed by atoms with Gasteiger partial charge in [0.1, 0.15) is 22.2 Å². The fourth-order valence-electron chi connectivity index (χ4n) is 2.08. The highest BCUT2D eigenvalue weighted by molar-refractivity contribution is 7.93. The molecule has 2 aromatic carbocycles. The predicted octanol–water partition coefficient (Wildman–Crippen LogP) is 3.31. The molecule has 0 aliphatic carbocycles. The first-order chi connectivity index (χ1) is 10.5. The van der Waals surface area contributed by atoms with E-state index in [2.05, 4.69) is 4.98 Å². The van der Waals surface area contributed by atoms with Crippen molar-refractivity contribution in [2.45, 2.75) is 4.90 Å². The van der Waals surface area contributed by atoms with E-state index < -0.39 is 27.3 Å². The third-order valence-electron chi connectivity index (χ3n) is 3.08. The van der Waals surface area contributed by atoms with Crippen LogP contribution in [0.3, 0.4) is 0 Å². The number of pyridine rings is 1. The lowest BCUT2D eigenvalue weighted by Crippen LogP contribution is -2.15. The topological polar surface area (TPSA) is 59.1 Å². The van der Waals surface area contributed by atoms with Gasteiger partial charge in [0.05, 0.1) is 5.52 Å². The third-order valence-corrected chi connectivity index (χ3v) is 4.47. The number of fused-ring (bicyclic) bond motifs is 1. The van der Waals surface area contributed by atoms with Gasteiger partial charge in [-0.3, -0.25) is 9.71 Å². The largest absolute Gasteiger partial charge is 0.274 e. The molecule has 0 atom stereocenters. The van der Waals surface area contributed by atoms with Crippen LogP contribution < -0.4 is 4.72 Å². The molecule has 3 aromatic rings. The molecule has 7 heteroatoms. The Morgan fingerprint density at radius 3 is 2.27 bits per heavy atom. The zero-order valence-electron chi connectivity index (χ0n) is 11.1. The van der Waals surface area contributed by atoms with Crippen LogP contribution in [0.5, 0.6) is 0 Å². The van der Waals surface area contributed by atoms with Gasteiger partial charge in [0.15, 0.2) is 0 Å². The lowest BCUT2D eigenvalue weighted by atomic mass is 10.2. The number of sulfonamides is 1. The van der Waals surface area contributed by atoms with Crippen molar-refractivity contribution >= 4 is 26.6 Å². The van der Waals surface area contributed by atoms with Crippen LogP contribution in [0.4, 0.5) is 14.5 Å². The molecule has 0 amide bonds. The van der Waals surface area contributed by atoms with E-state index in [9.17, 15) is 17.2 Å². The van der Waals surface area contributed by atoms with Crippen molar-refractivity contribution in [2.75, 3.05) is 4.72 Å². The van der Waals surface area contributed by atoms with Gasteiger partial charge in [-0.05, 0) is 24.3 Å². The highest BCUT2D eigenvalue weighted by atomic mass is 32.2. The molecule has 1 N–H and O–H groups in total. The molecule has 0 fully saturated rings. The summed E-state index contributed by atoms with van der Waals surface area (Å²) >= 11 is 0. The fraction of sp³-hybridized carbons (Fsp3) is 0. The van der Waals surface area contributed by atoms with Gasteiger partial charge in [-0.25, -0.2) is 17.2 Å². The summed E-state index contributed by atoms with van der Waals surface area (Å²) in [6.07, 6.45) is 1.45. The predicted molar refractivity (Wildman–Crippen MR) is 78.9 cm³/mol. The Kier molecular flexibility index (Phi) is 3.50. The van der Waals surface area contributed by atoms with Crippen LogP contribution in [0.25, 0.3) is 10.9 Å². The average molecular weight is 320 g/mol. The van der Waals surface area contributed by atoms with Crippen molar-refractivity contribution in [2.24, 2.45) is 0 Å². The second-order valence-electron chi connectivity index (χ2n) is 4.53. The zero-order valence-corrected chi connectivity index (χ0v) is 11.9. The van der Waals surface area contributed by atoms with Gasteiger partial charge in [0.25, 0.3) is 10.0 Å². The van der Waals surface area contributed by atoms with Crippen molar-refractivity contribution in [3.05, 3.63) is 66.4 Å². The van der Waals surface area contributed by atoms with E-state index in [1.165, 1.54) is 18.3 Å². The Morgan fingerprint density at radius 1 is 0.909 bits per heavy atom. The molecule has 0 spiro atoms. The number of aromatic nitrogens is 1. The number of halogens is 2. The molecule has 0 aliphatic heterocycles. The summed E-state index contributed by atoms with van der Waals surface area (Å²) < 4.78 is 54.1. The first-order valence-electron chi connectivity index (χ1n) is 6.29. The van der Waals surface area contributed by atoms with Crippen LogP contribution >= 0.6 is 0 Å². The van der Waals surface area contributed by atoms with Gasteiger partial charge in [0.2, 0.25) is 0 Å². The molecule has 0 aliphatic rings. The second-order valence-corrected chi connectivity index (χ2v) is 6.18. The molecule has 1 aromatic heterocycles. The van der Waals surface area contributed by atoms with E-state index >= 15 is 0 Å². The molecular weight excluding hydrogens is 310 g/mol. The monoisotopic (exact) mass is 320 g/mol. The van der Waals surface area contributed by atoms with Crippen molar-refractivity contribution in [3.8, 4) is 0 Å². The standard InChI is InChI=1S/C15H10F2N2O2S/c16-11-6-2-7-12(17)15(11)19-22(20,21)13-8-1-4-10-5-3-9-18-14(10)13/h1-9,19H. The van der Waals surface area contributed by atoms with Gasteiger partial charge in [-0.2, -0.15) is 0 Å². The number of para-hydroxylation sites is 2. The lowest BCUT2D eigenvalue weighted by Gasteiger charge is -2.11. The fourth-order valence-corrected chi connectivity index (χ4v) is 3.33. The highest BCUT2D eigenvalue weighted by Gasteiger charge is 2.21. The summed E-state index contributed by atoms with van der Waals surface area (Å²) in [5.41, 5.74) is -0.482. The quantitative estimate of drug-likeness (QED) is 0.805. The Morgan fingerprint density at radius 2 is 1.55 bits per heavy atom. The maximum absolute atomic E-state index is 13.6. The van der Waals surface area contributed by atoms with Crippen LogP contribution in [-0.4, -0.2) is 13.4 Å². The average Bonchev–Trinajstić information content (AvgIpc) is 2.50. The lowest BCUT2D eigenvalue weighted by molar-refractivity contribution is 0.583. The number of hydrogen-bond acceptors (Lipinski definition) is 3. The molecule has 0 radical (unpaired) electrons. The van der Waals surface area contributed by atoms with E-state index in [1.54, 1.807) is 18.2 Å². The van der Waals surface area contributed by atoms with Crippen LogP contribution in [0.2, 0.25) is 0 Å². The number of nitrogens with zero attached hydrogens (tertiary/aromatic N) is 1. The molecule has 0 saturated carbocycles. The van der Waals surface area contributed by atoms with Crippen LogP contribution in [-0.2, 0) is 10.0 Å². The van der Waals surface area contributed by atoms with Gasteiger partial charge in [-0.1, -0.05) is 24.3 Å². The van der Waals surface area contributed by atoms with Crippen LogP contribution in [0.15, 0.2) is 59.6 Å². The van der Waals surface area contributed by atoms with Crippen molar-refractivity contribution in [1.82, 2.24) is 4.98 Å². The Bertz CT molecular complexity index is 933. The van der Waals surface area contributed by atoms with Gasteiger partial charge in [-0.15, -0.1) is 0 Å². The molecule has 4 nitrogen and oxygen atoms in total. The minimum Gasteiger partial charge on any atom is -0.274 e. The van der Waals surface area contributed by atoms with E-state index in [4.69, 9.17) is 0 Å². The number of nitrogens with one attached hydrogen (secondary N) is 1. The molecule has 0 saturated heterocycles. The minimum absolute atomic E-state index is 0.145. The summed E-state index contributed by atoms with van der Waals surface area (Å²) in [7, 11) is -4.18. The molecular formula is C15H10F2N2O2S. The van der Waals surface area contributed by atoms with Gasteiger partial charge < -0.3 is 0 Å². The zero-order chi connectivity index (χ0) is 15.7. The Labute approximate surface area is 125 Å². The summed E-state index contributed by atoms with van der Waals surface area (Å²) in [5, 5.41) is 0.611. The minimum atomic E-state index is -4.18. The maximum Gasteiger partial charge on any atom is 0.264 e. The number of anilines is 1. The van der Waals surface area contributed by atoms with Crippen molar-refractivity contribution < 1.29 is 17.2 Å². The summed E-state index contributed by atoms with van der Waals surface area (Å²) in [5.74, 6) is -1.98. The number of benzene rings is 2. The third kappa shape index (κ3) is 2.50. The van der Waals surface area contributed by atoms with Crippen LogP contribution in [0, 0.1) is 11.6 Å². The van der Waals surface area contributed by atoms with Crippen molar-refractivity contribution in [1.29, 1.82) is 0 Å². The maximum atomic E-state index is 13.6. The molecule has 3 rings (SSSR count). The van der Waals surface area contributed by atoms with E-state index in [0.29, 0.717) is 5.39 Å². The Balaban J connectivity index is 2.14. The molecule has 112 valence electrons. The normalized spacial score (nSPS) is 11.5. The molecule has 0 unspecified atom stereocenters. The Hall–Kier alpha value is -2.54. The first kappa shape index (κ1) is 14.4. The SMILES string of the molecule is O=S(=O)(Nc1c(F)cccc1F)c1cccc2cccnc12. The first-order valence-corrected chi connectivity index (χ1v) is 7.78.